The summed E-state index contributed by atoms with van der Waals surface area (Å²) in [5, 5.41) is 15.7. The van der Waals surface area contributed by atoms with Crippen LogP contribution in [0.1, 0.15) is 34.6 Å². The number of fused-ring (bicyclic) bond motifs is 1. The largest absolute Gasteiger partial charge is 0.497 e. The fourth-order valence-electron chi connectivity index (χ4n) is 2.78. The number of methoxy groups -OCH3 is 1. The highest BCUT2D eigenvalue weighted by atomic mass is 79.9. The Hall–Kier alpha value is -2.23. The van der Waals surface area contributed by atoms with Gasteiger partial charge in [0.05, 0.1) is 17.6 Å². The van der Waals surface area contributed by atoms with Gasteiger partial charge < -0.3 is 15.2 Å². The number of aromatic nitrogens is 2. The van der Waals surface area contributed by atoms with Gasteiger partial charge in [0.15, 0.2) is 11.7 Å². The highest BCUT2D eigenvalue weighted by Gasteiger charge is 2.47. The van der Waals surface area contributed by atoms with Gasteiger partial charge in [-0.15, -0.1) is 0 Å². The summed E-state index contributed by atoms with van der Waals surface area (Å²) >= 11 is 3.04. The van der Waals surface area contributed by atoms with Gasteiger partial charge in [0.2, 0.25) is 0 Å². The first-order valence-corrected chi connectivity index (χ1v) is 8.00. The van der Waals surface area contributed by atoms with E-state index in [1.165, 1.54) is 7.11 Å². The molecule has 3 rings (SSSR count). The molecule has 0 bridgehead atoms. The lowest BCUT2D eigenvalue weighted by molar-refractivity contribution is -0.173. The Balaban J connectivity index is 2.04. The van der Waals surface area contributed by atoms with Crippen molar-refractivity contribution in [2.45, 2.75) is 24.7 Å². The van der Waals surface area contributed by atoms with E-state index in [0.29, 0.717) is 16.0 Å². The zero-order chi connectivity index (χ0) is 18.4. The SMILES string of the molecule is COc1ccc([C@H]2C[C@@H](C(F)(F)F)n3nc(C(=O)O)c(Br)c3N2)cc1. The van der Waals surface area contributed by atoms with Crippen LogP contribution >= 0.6 is 15.9 Å². The zero-order valence-electron chi connectivity index (χ0n) is 12.8. The van der Waals surface area contributed by atoms with Gasteiger partial charge >= 0.3 is 12.1 Å². The standard InChI is InChI=1S/C15H13BrF3N3O3/c1-25-8-4-2-7(3-5-8)9-6-10(15(17,18)19)22-13(20-9)11(16)12(21-22)14(23)24/h2-5,9-10,20H,6H2,1H3,(H,23,24)/t9-,10+/m1/s1. The maximum atomic E-state index is 13.5. The summed E-state index contributed by atoms with van der Waals surface area (Å²) in [4.78, 5) is 11.2. The first-order valence-electron chi connectivity index (χ1n) is 7.21. The molecule has 0 amide bonds. The quantitative estimate of drug-likeness (QED) is 0.785. The van der Waals surface area contributed by atoms with Crippen LogP contribution in [0, 0.1) is 0 Å². The molecule has 0 radical (unpaired) electrons. The van der Waals surface area contributed by atoms with E-state index in [1.807, 2.05) is 0 Å². The molecule has 6 nitrogen and oxygen atoms in total. The first kappa shape index (κ1) is 17.6. The molecule has 1 aromatic heterocycles. The molecule has 10 heteroatoms. The summed E-state index contributed by atoms with van der Waals surface area (Å²) < 4.78 is 46.2. The van der Waals surface area contributed by atoms with E-state index in [1.54, 1.807) is 24.3 Å². The summed E-state index contributed by atoms with van der Waals surface area (Å²) in [6, 6.07) is 4.07. The Morgan fingerprint density at radius 3 is 2.56 bits per heavy atom. The molecule has 2 aromatic rings. The lowest BCUT2D eigenvalue weighted by Gasteiger charge is -2.33. The van der Waals surface area contributed by atoms with Crippen molar-refractivity contribution in [3.05, 3.63) is 40.0 Å². The number of carbonyl (C=O) groups is 1. The fourth-order valence-corrected chi connectivity index (χ4v) is 3.33. The fraction of sp³-hybridized carbons (Fsp3) is 0.333. The summed E-state index contributed by atoms with van der Waals surface area (Å²) in [7, 11) is 1.50. The van der Waals surface area contributed by atoms with Crippen LogP contribution in [0.2, 0.25) is 0 Å². The lowest BCUT2D eigenvalue weighted by Crippen LogP contribution is -2.35. The third-order valence-corrected chi connectivity index (χ3v) is 4.77. The Morgan fingerprint density at radius 1 is 1.40 bits per heavy atom. The van der Waals surface area contributed by atoms with Gasteiger partial charge in [0, 0.05) is 6.42 Å². The number of halogens is 4. The average molecular weight is 420 g/mol. The third kappa shape index (κ3) is 3.17. The third-order valence-electron chi connectivity index (χ3n) is 4.02. The maximum Gasteiger partial charge on any atom is 0.410 e. The highest BCUT2D eigenvalue weighted by Crippen LogP contribution is 2.46. The number of alkyl halides is 3. The van der Waals surface area contributed by atoms with E-state index >= 15 is 0 Å². The van der Waals surface area contributed by atoms with Crippen molar-refractivity contribution >= 4 is 27.7 Å². The molecule has 0 saturated carbocycles. The number of aromatic carboxylic acids is 1. The van der Waals surface area contributed by atoms with Gasteiger partial charge in [-0.2, -0.15) is 18.3 Å². The van der Waals surface area contributed by atoms with Gasteiger partial charge in [0.1, 0.15) is 11.6 Å². The van der Waals surface area contributed by atoms with Crippen LogP contribution in [0.3, 0.4) is 0 Å². The topological polar surface area (TPSA) is 76.4 Å². The van der Waals surface area contributed by atoms with E-state index in [2.05, 4.69) is 26.3 Å². The van der Waals surface area contributed by atoms with Crippen LogP contribution in [0.15, 0.2) is 28.7 Å². The van der Waals surface area contributed by atoms with Crippen LogP contribution < -0.4 is 10.1 Å². The minimum atomic E-state index is -4.57. The summed E-state index contributed by atoms with van der Waals surface area (Å²) in [5.41, 5.74) is 0.165. The van der Waals surface area contributed by atoms with Gasteiger partial charge in [0.25, 0.3) is 0 Å². The smallest absolute Gasteiger partial charge is 0.410 e. The first-order chi connectivity index (χ1) is 11.7. The Morgan fingerprint density at radius 2 is 2.04 bits per heavy atom. The Labute approximate surface area is 148 Å². The van der Waals surface area contributed by atoms with E-state index in [-0.39, 0.29) is 16.7 Å². The molecule has 1 aliphatic heterocycles. The average Bonchev–Trinajstić information content (AvgIpc) is 2.90. The molecule has 0 saturated heterocycles. The number of nitrogens with zero attached hydrogens (tertiary/aromatic N) is 2. The Bertz CT molecular complexity index is 805. The number of rotatable bonds is 3. The second kappa shape index (κ2) is 6.25. The molecule has 0 unspecified atom stereocenters. The number of ether oxygens (including phenoxy) is 1. The van der Waals surface area contributed by atoms with Crippen LogP contribution in [-0.4, -0.2) is 34.1 Å². The van der Waals surface area contributed by atoms with E-state index < -0.39 is 29.9 Å². The van der Waals surface area contributed by atoms with E-state index in [9.17, 15) is 18.0 Å². The molecule has 2 atom stereocenters. The number of carboxylic acids is 1. The molecule has 1 aromatic carbocycles. The monoisotopic (exact) mass is 419 g/mol. The lowest BCUT2D eigenvalue weighted by atomic mass is 9.97. The summed E-state index contributed by atoms with van der Waals surface area (Å²) in [6.07, 6.45) is -4.88. The van der Waals surface area contributed by atoms with Gasteiger partial charge in [-0.3, -0.25) is 0 Å². The molecular formula is C15H13BrF3N3O3. The predicted molar refractivity (Wildman–Crippen MR) is 86.0 cm³/mol. The van der Waals surface area contributed by atoms with Crippen molar-refractivity contribution in [1.29, 1.82) is 0 Å². The number of nitrogens with one attached hydrogen (secondary N) is 1. The van der Waals surface area contributed by atoms with Gasteiger partial charge in [-0.25, -0.2) is 9.48 Å². The van der Waals surface area contributed by atoms with Gasteiger partial charge in [-0.05, 0) is 33.6 Å². The number of hydrogen-bond acceptors (Lipinski definition) is 4. The zero-order valence-corrected chi connectivity index (χ0v) is 14.4. The number of hydrogen-bond donors (Lipinski definition) is 2. The molecule has 1 aliphatic rings. The minimum Gasteiger partial charge on any atom is -0.497 e. The van der Waals surface area contributed by atoms with Crippen molar-refractivity contribution in [1.82, 2.24) is 9.78 Å². The van der Waals surface area contributed by atoms with Crippen molar-refractivity contribution in [3.8, 4) is 5.75 Å². The van der Waals surface area contributed by atoms with Crippen molar-refractivity contribution in [2.24, 2.45) is 0 Å². The number of benzene rings is 1. The molecule has 2 N–H and O–H groups in total. The van der Waals surface area contributed by atoms with E-state index in [0.717, 1.165) is 0 Å². The van der Waals surface area contributed by atoms with Crippen LogP contribution in [0.5, 0.6) is 5.75 Å². The molecular weight excluding hydrogens is 407 g/mol. The highest BCUT2D eigenvalue weighted by molar-refractivity contribution is 9.10. The predicted octanol–water partition coefficient (Wildman–Crippen LogP) is 4.01. The second-order valence-corrected chi connectivity index (χ2v) is 6.32. The van der Waals surface area contributed by atoms with Gasteiger partial charge in [-0.1, -0.05) is 12.1 Å². The van der Waals surface area contributed by atoms with Crippen LogP contribution in [0.4, 0.5) is 19.0 Å². The molecule has 0 spiro atoms. The summed E-state index contributed by atoms with van der Waals surface area (Å²) in [5.74, 6) is -0.824. The summed E-state index contributed by atoms with van der Waals surface area (Å²) in [6.45, 7) is 0. The minimum absolute atomic E-state index is 0.00698. The molecule has 25 heavy (non-hydrogen) atoms. The van der Waals surface area contributed by atoms with E-state index in [4.69, 9.17) is 9.84 Å². The van der Waals surface area contributed by atoms with Crippen molar-refractivity contribution in [3.63, 3.8) is 0 Å². The number of anilines is 1. The van der Waals surface area contributed by atoms with Crippen LogP contribution in [-0.2, 0) is 0 Å². The van der Waals surface area contributed by atoms with Crippen molar-refractivity contribution in [2.75, 3.05) is 12.4 Å². The molecule has 134 valence electrons. The maximum absolute atomic E-state index is 13.5. The normalized spacial score (nSPS) is 19.9. The van der Waals surface area contributed by atoms with Crippen LogP contribution in [0.25, 0.3) is 0 Å². The molecule has 0 aliphatic carbocycles. The molecule has 2 heterocycles. The Kier molecular flexibility index (Phi) is 4.40. The van der Waals surface area contributed by atoms with Crippen molar-refractivity contribution < 1.29 is 27.8 Å². The molecule has 0 fully saturated rings. The second-order valence-electron chi connectivity index (χ2n) is 5.52. The number of carboxylic acid groups (broad SMARTS) is 1.